The predicted molar refractivity (Wildman–Crippen MR) is 177 cm³/mol. The van der Waals surface area contributed by atoms with Crippen LogP contribution in [0.1, 0.15) is 51.8 Å². The number of rotatable bonds is 10. The molecule has 222 valence electrons. The van der Waals surface area contributed by atoms with Crippen LogP contribution < -0.4 is 24.4 Å². The first kappa shape index (κ1) is 32.2. The molecular formula is C30H30I2N2O7S. The van der Waals surface area contributed by atoms with Crippen molar-refractivity contribution in [3.63, 3.8) is 0 Å². The first-order valence-corrected chi connectivity index (χ1v) is 16.3. The van der Waals surface area contributed by atoms with Crippen molar-refractivity contribution < 1.29 is 28.5 Å². The summed E-state index contributed by atoms with van der Waals surface area (Å²) in [5.41, 5.74) is 1.94. The molecule has 42 heavy (non-hydrogen) atoms. The third-order valence-corrected chi connectivity index (χ3v) is 8.64. The number of para-hydroxylation sites is 1. The molecular weight excluding hydrogens is 786 g/mol. The second kappa shape index (κ2) is 14.2. The van der Waals surface area contributed by atoms with Crippen molar-refractivity contribution in [2.45, 2.75) is 46.8 Å². The molecule has 1 atom stereocenters. The van der Waals surface area contributed by atoms with Crippen LogP contribution in [0.15, 0.2) is 57.5 Å². The van der Waals surface area contributed by atoms with Gasteiger partial charge in [-0.15, -0.1) is 0 Å². The number of hydrogen-bond donors (Lipinski definition) is 0. The van der Waals surface area contributed by atoms with Crippen LogP contribution in [-0.4, -0.2) is 42.4 Å². The van der Waals surface area contributed by atoms with Crippen molar-refractivity contribution in [2.24, 2.45) is 4.99 Å². The average Bonchev–Trinajstić information content (AvgIpc) is 3.21. The van der Waals surface area contributed by atoms with Crippen LogP contribution in [0.2, 0.25) is 0 Å². The zero-order valence-corrected chi connectivity index (χ0v) is 28.9. The lowest BCUT2D eigenvalue weighted by Crippen LogP contribution is -2.40. The molecule has 1 aliphatic rings. The van der Waals surface area contributed by atoms with Crippen molar-refractivity contribution in [1.82, 2.24) is 4.57 Å². The van der Waals surface area contributed by atoms with Gasteiger partial charge in [-0.05, 0) is 110 Å². The van der Waals surface area contributed by atoms with E-state index in [-0.39, 0.29) is 31.5 Å². The number of fused-ring (bicyclic) bond motifs is 1. The number of carbonyl (C=O) groups excluding carboxylic acids is 2. The van der Waals surface area contributed by atoms with Gasteiger partial charge < -0.3 is 18.9 Å². The van der Waals surface area contributed by atoms with E-state index in [1.807, 2.05) is 50.2 Å². The lowest BCUT2D eigenvalue weighted by atomic mass is 9.95. The maximum Gasteiger partial charge on any atom is 0.344 e. The van der Waals surface area contributed by atoms with E-state index < -0.39 is 18.0 Å². The molecule has 0 bridgehead atoms. The van der Waals surface area contributed by atoms with E-state index >= 15 is 0 Å². The zero-order valence-electron chi connectivity index (χ0n) is 23.7. The summed E-state index contributed by atoms with van der Waals surface area (Å²) in [5, 5.41) is 0. The van der Waals surface area contributed by atoms with Crippen molar-refractivity contribution >= 4 is 74.5 Å². The molecule has 1 aliphatic heterocycles. The Morgan fingerprint density at radius 1 is 1.10 bits per heavy atom. The Balaban J connectivity index is 1.84. The van der Waals surface area contributed by atoms with Crippen LogP contribution in [0, 0.1) is 7.14 Å². The highest BCUT2D eigenvalue weighted by molar-refractivity contribution is 14.1. The number of halogens is 2. The number of aromatic nitrogens is 1. The van der Waals surface area contributed by atoms with E-state index in [2.05, 4.69) is 50.2 Å². The average molecular weight is 816 g/mol. The fourth-order valence-electron chi connectivity index (χ4n) is 4.44. The number of hydrogen-bond acceptors (Lipinski definition) is 9. The van der Waals surface area contributed by atoms with E-state index in [0.29, 0.717) is 37.7 Å². The number of nitrogens with zero attached hydrogens (tertiary/aromatic N) is 2. The minimum Gasteiger partial charge on any atom is -0.491 e. The van der Waals surface area contributed by atoms with E-state index in [1.54, 1.807) is 31.4 Å². The Morgan fingerprint density at radius 3 is 2.40 bits per heavy atom. The van der Waals surface area contributed by atoms with Crippen LogP contribution in [0.4, 0.5) is 0 Å². The van der Waals surface area contributed by atoms with Gasteiger partial charge >= 0.3 is 11.9 Å². The molecule has 12 heteroatoms. The highest BCUT2D eigenvalue weighted by Crippen LogP contribution is 2.36. The molecule has 0 saturated heterocycles. The molecule has 3 aromatic rings. The fraction of sp³-hybridized carbons (Fsp3) is 0.333. The SMILES string of the molecule is CCOC(=O)COc1c(I)cc(/C=c2/sc3n(c2=O)[C@H](c2ccccc2OC(C)C)C(C(=O)OCC)=C(C)N=3)cc1I. The molecule has 2 heterocycles. The van der Waals surface area contributed by atoms with E-state index in [0.717, 1.165) is 12.7 Å². The van der Waals surface area contributed by atoms with E-state index in [9.17, 15) is 14.4 Å². The summed E-state index contributed by atoms with van der Waals surface area (Å²) in [4.78, 5) is 44.2. The van der Waals surface area contributed by atoms with Gasteiger partial charge in [-0.3, -0.25) is 9.36 Å². The summed E-state index contributed by atoms with van der Waals surface area (Å²) in [6.45, 7) is 9.35. The molecule has 0 saturated carbocycles. The number of thiazole rings is 1. The molecule has 0 radical (unpaired) electrons. The largest absolute Gasteiger partial charge is 0.491 e. The van der Waals surface area contributed by atoms with Gasteiger partial charge in [0.2, 0.25) is 0 Å². The van der Waals surface area contributed by atoms with Crippen LogP contribution in [0.25, 0.3) is 6.08 Å². The van der Waals surface area contributed by atoms with Gasteiger partial charge in [0.1, 0.15) is 17.5 Å². The summed E-state index contributed by atoms with van der Waals surface area (Å²) in [6.07, 6.45) is 1.67. The number of benzene rings is 2. The van der Waals surface area contributed by atoms with Crippen molar-refractivity contribution in [2.75, 3.05) is 19.8 Å². The Morgan fingerprint density at radius 2 is 1.76 bits per heavy atom. The van der Waals surface area contributed by atoms with Crippen LogP contribution in [-0.2, 0) is 19.1 Å². The molecule has 0 fully saturated rings. The molecule has 0 N–H and O–H groups in total. The number of ether oxygens (including phenoxy) is 4. The van der Waals surface area contributed by atoms with E-state index in [1.165, 1.54) is 11.3 Å². The topological polar surface area (TPSA) is 105 Å². The summed E-state index contributed by atoms with van der Waals surface area (Å²) < 4.78 is 25.7. The molecule has 2 aromatic carbocycles. The van der Waals surface area contributed by atoms with Gasteiger partial charge in [-0.1, -0.05) is 29.5 Å². The number of esters is 2. The fourth-order valence-corrected chi connectivity index (χ4v) is 7.61. The van der Waals surface area contributed by atoms with Gasteiger partial charge in [0, 0.05) is 5.56 Å². The molecule has 0 unspecified atom stereocenters. The minimum atomic E-state index is -0.781. The van der Waals surface area contributed by atoms with Gasteiger partial charge in [0.05, 0.1) is 42.3 Å². The van der Waals surface area contributed by atoms with Gasteiger partial charge in [-0.2, -0.15) is 0 Å². The summed E-state index contributed by atoms with van der Waals surface area (Å²) >= 11 is 5.52. The van der Waals surface area contributed by atoms with Crippen LogP contribution >= 0.6 is 56.5 Å². The molecule has 4 rings (SSSR count). The van der Waals surface area contributed by atoms with Crippen LogP contribution in [0.5, 0.6) is 11.5 Å². The van der Waals surface area contributed by atoms with Crippen LogP contribution in [0.3, 0.4) is 0 Å². The quantitative estimate of drug-likeness (QED) is 0.215. The monoisotopic (exact) mass is 816 g/mol. The predicted octanol–water partition coefficient (Wildman–Crippen LogP) is 4.74. The molecule has 1 aromatic heterocycles. The smallest absolute Gasteiger partial charge is 0.344 e. The second-order valence-corrected chi connectivity index (χ2v) is 12.7. The third-order valence-electron chi connectivity index (χ3n) is 6.05. The molecule has 0 amide bonds. The van der Waals surface area contributed by atoms with Gasteiger partial charge in [0.15, 0.2) is 11.4 Å². The molecule has 0 aliphatic carbocycles. The number of carbonyl (C=O) groups is 2. The maximum absolute atomic E-state index is 14.0. The maximum atomic E-state index is 14.0. The highest BCUT2D eigenvalue weighted by Gasteiger charge is 2.35. The summed E-state index contributed by atoms with van der Waals surface area (Å²) in [7, 11) is 0. The van der Waals surface area contributed by atoms with Crippen molar-refractivity contribution in [3.05, 3.63) is 85.6 Å². The molecule has 9 nitrogen and oxygen atoms in total. The Kier molecular flexibility index (Phi) is 10.9. The van der Waals surface area contributed by atoms with Crippen molar-refractivity contribution in [1.29, 1.82) is 0 Å². The Bertz CT molecular complexity index is 1700. The first-order chi connectivity index (χ1) is 20.0. The minimum absolute atomic E-state index is 0.118. The summed E-state index contributed by atoms with van der Waals surface area (Å²) in [6, 6.07) is 10.4. The first-order valence-electron chi connectivity index (χ1n) is 13.3. The normalized spacial score (nSPS) is 14.9. The highest BCUT2D eigenvalue weighted by atomic mass is 127. The lowest BCUT2D eigenvalue weighted by molar-refractivity contribution is -0.145. The Labute approximate surface area is 274 Å². The van der Waals surface area contributed by atoms with E-state index in [4.69, 9.17) is 18.9 Å². The third kappa shape index (κ3) is 7.08. The Hall–Kier alpha value is -2.72. The number of allylic oxidation sites excluding steroid dienone is 1. The zero-order chi connectivity index (χ0) is 30.6. The summed E-state index contributed by atoms with van der Waals surface area (Å²) in [5.74, 6) is 0.173. The molecule has 0 spiro atoms. The lowest BCUT2D eigenvalue weighted by Gasteiger charge is -2.26. The standard InChI is InChI=1S/C30H30I2N2O7S/c1-6-38-24(35)15-40-27-20(31)12-18(13-21(27)32)14-23-28(36)34-26(19-10-8-9-11-22(19)41-16(3)4)25(29(37)39-7-2)17(5)33-30(34)42-23/h8-14,16,26H,6-7,15H2,1-5H3/b23-14+/t26-/m1/s1. The van der Waals surface area contributed by atoms with Gasteiger partial charge in [0.25, 0.3) is 5.56 Å². The second-order valence-electron chi connectivity index (χ2n) is 9.41. The van der Waals surface area contributed by atoms with Crippen molar-refractivity contribution in [3.8, 4) is 11.5 Å². The van der Waals surface area contributed by atoms with Gasteiger partial charge in [-0.25, -0.2) is 14.6 Å².